The van der Waals surface area contributed by atoms with Crippen molar-refractivity contribution in [3.05, 3.63) is 77.4 Å². The topological polar surface area (TPSA) is 29.5 Å². The van der Waals surface area contributed by atoms with E-state index in [1.54, 1.807) is 0 Å². The summed E-state index contributed by atoms with van der Waals surface area (Å²) in [5, 5.41) is 2.24. The lowest BCUT2D eigenvalue weighted by molar-refractivity contribution is 0.0500. The number of nitrogens with zero attached hydrogens (tertiary/aromatic N) is 1. The van der Waals surface area contributed by atoms with Crippen LogP contribution in [0.5, 0.6) is 0 Å². The number of carbonyl (C=O) groups excluding carboxylic acids is 1. The molecule has 0 aromatic heterocycles. The van der Waals surface area contributed by atoms with Gasteiger partial charge in [-0.25, -0.2) is 4.79 Å². The maximum absolute atomic E-state index is 13.1. The molecule has 4 rings (SSSR count). The molecule has 0 aliphatic carbocycles. The van der Waals surface area contributed by atoms with Gasteiger partial charge in [0, 0.05) is 18.8 Å². The van der Waals surface area contributed by atoms with Gasteiger partial charge in [-0.1, -0.05) is 151 Å². The monoisotopic (exact) mass is 611 g/mol. The molecule has 3 aromatic rings. The standard InChI is InChI=1S/C42H61NO2/c1-3-4-5-6-7-8-9-10-11-12-13-14-15-16-17-20-33-45-42(44)41-28-25-37(39-21-18-19-22-40(39)41)34-36-29-31-43(32-30-36)38-26-23-35(2)24-27-38/h18-19,21-28,36H,3-17,20,29-34H2,1-2H3. The predicted molar refractivity (Wildman–Crippen MR) is 194 cm³/mol. The molecule has 45 heavy (non-hydrogen) atoms. The molecule has 3 heteroatoms. The van der Waals surface area contributed by atoms with Gasteiger partial charge in [-0.05, 0) is 73.1 Å². The van der Waals surface area contributed by atoms with Crippen molar-refractivity contribution < 1.29 is 9.53 Å². The number of carbonyl (C=O) groups is 1. The van der Waals surface area contributed by atoms with Gasteiger partial charge in [0.15, 0.2) is 0 Å². The molecule has 1 saturated heterocycles. The molecule has 0 atom stereocenters. The number of unbranched alkanes of at least 4 members (excludes halogenated alkanes) is 15. The zero-order chi connectivity index (χ0) is 31.5. The molecule has 0 bridgehead atoms. The van der Waals surface area contributed by atoms with Crippen LogP contribution in [0.4, 0.5) is 5.69 Å². The van der Waals surface area contributed by atoms with E-state index in [1.165, 1.54) is 125 Å². The average molecular weight is 612 g/mol. The second-order valence-electron chi connectivity index (χ2n) is 13.7. The van der Waals surface area contributed by atoms with Crippen LogP contribution in [0.3, 0.4) is 0 Å². The van der Waals surface area contributed by atoms with E-state index in [0.29, 0.717) is 18.1 Å². The Morgan fingerprint density at radius 2 is 1.20 bits per heavy atom. The zero-order valence-electron chi connectivity index (χ0n) is 28.7. The van der Waals surface area contributed by atoms with Gasteiger partial charge in [0.1, 0.15) is 0 Å². The number of piperidine rings is 1. The molecule has 0 amide bonds. The first kappa shape index (κ1) is 35.1. The summed E-state index contributed by atoms with van der Waals surface area (Å²) in [7, 11) is 0. The Morgan fingerprint density at radius 1 is 0.667 bits per heavy atom. The number of hydrogen-bond donors (Lipinski definition) is 0. The summed E-state index contributed by atoms with van der Waals surface area (Å²) in [5.74, 6) is 0.493. The largest absolute Gasteiger partial charge is 0.462 e. The van der Waals surface area contributed by atoms with Crippen molar-refractivity contribution in [2.75, 3.05) is 24.6 Å². The van der Waals surface area contributed by atoms with Crippen molar-refractivity contribution in [2.24, 2.45) is 5.92 Å². The number of anilines is 1. The second kappa shape index (κ2) is 20.3. The van der Waals surface area contributed by atoms with E-state index in [4.69, 9.17) is 4.74 Å². The molecule has 3 nitrogen and oxygen atoms in total. The van der Waals surface area contributed by atoms with E-state index in [0.717, 1.165) is 37.7 Å². The molecule has 0 radical (unpaired) electrons. The minimum atomic E-state index is -0.176. The van der Waals surface area contributed by atoms with Crippen LogP contribution in [-0.2, 0) is 11.2 Å². The Labute approximate surface area is 275 Å². The Kier molecular flexibility index (Phi) is 15.8. The number of fused-ring (bicyclic) bond motifs is 1. The minimum Gasteiger partial charge on any atom is -0.462 e. The van der Waals surface area contributed by atoms with Gasteiger partial charge in [0.25, 0.3) is 0 Å². The summed E-state index contributed by atoms with van der Waals surface area (Å²) in [6, 6.07) is 21.5. The highest BCUT2D eigenvalue weighted by molar-refractivity contribution is 6.05. The van der Waals surface area contributed by atoms with Crippen LogP contribution < -0.4 is 4.90 Å². The van der Waals surface area contributed by atoms with Gasteiger partial charge in [0.05, 0.1) is 12.2 Å². The molecule has 246 valence electrons. The van der Waals surface area contributed by atoms with Crippen molar-refractivity contribution in [3.8, 4) is 0 Å². The van der Waals surface area contributed by atoms with E-state index >= 15 is 0 Å². The summed E-state index contributed by atoms with van der Waals surface area (Å²) in [6.45, 7) is 7.17. The lowest BCUT2D eigenvalue weighted by Crippen LogP contribution is -2.34. The molecule has 0 N–H and O–H groups in total. The third-order valence-corrected chi connectivity index (χ3v) is 9.99. The molecule has 1 aliphatic heterocycles. The maximum atomic E-state index is 13.1. The summed E-state index contributed by atoms with van der Waals surface area (Å²) in [5.41, 5.74) is 4.72. The highest BCUT2D eigenvalue weighted by Gasteiger charge is 2.21. The van der Waals surface area contributed by atoms with E-state index in [9.17, 15) is 4.79 Å². The molecule has 3 aromatic carbocycles. The van der Waals surface area contributed by atoms with Gasteiger partial charge in [-0.2, -0.15) is 0 Å². The number of hydrogen-bond acceptors (Lipinski definition) is 3. The molecule has 1 heterocycles. The van der Waals surface area contributed by atoms with Gasteiger partial charge < -0.3 is 9.64 Å². The molecule has 0 unspecified atom stereocenters. The van der Waals surface area contributed by atoms with Crippen molar-refractivity contribution in [3.63, 3.8) is 0 Å². The summed E-state index contributed by atoms with van der Waals surface area (Å²) < 4.78 is 5.76. The second-order valence-corrected chi connectivity index (χ2v) is 13.7. The molecule has 1 fully saturated rings. The van der Waals surface area contributed by atoms with Gasteiger partial charge >= 0.3 is 5.97 Å². The predicted octanol–water partition coefficient (Wildman–Crippen LogP) is 12.0. The van der Waals surface area contributed by atoms with E-state index < -0.39 is 0 Å². The van der Waals surface area contributed by atoms with Crippen molar-refractivity contribution in [1.82, 2.24) is 0 Å². The van der Waals surface area contributed by atoms with Crippen molar-refractivity contribution in [1.29, 1.82) is 0 Å². The zero-order valence-corrected chi connectivity index (χ0v) is 28.7. The maximum Gasteiger partial charge on any atom is 0.338 e. The Morgan fingerprint density at radius 3 is 1.78 bits per heavy atom. The highest BCUT2D eigenvalue weighted by Crippen LogP contribution is 2.30. The van der Waals surface area contributed by atoms with Crippen LogP contribution in [0.25, 0.3) is 10.8 Å². The first-order valence-electron chi connectivity index (χ1n) is 18.6. The highest BCUT2D eigenvalue weighted by atomic mass is 16.5. The number of rotatable bonds is 21. The van der Waals surface area contributed by atoms with Crippen LogP contribution in [0, 0.1) is 12.8 Å². The Hall–Kier alpha value is -2.81. The Bertz CT molecular complexity index is 1240. The van der Waals surface area contributed by atoms with Crippen LogP contribution in [0.15, 0.2) is 60.7 Å². The van der Waals surface area contributed by atoms with Crippen LogP contribution >= 0.6 is 0 Å². The fourth-order valence-corrected chi connectivity index (χ4v) is 7.07. The fraction of sp³-hybridized carbons (Fsp3) is 0.595. The molecule has 0 saturated carbocycles. The minimum absolute atomic E-state index is 0.176. The third-order valence-electron chi connectivity index (χ3n) is 9.99. The van der Waals surface area contributed by atoms with Crippen LogP contribution in [0.2, 0.25) is 0 Å². The molecule has 1 aliphatic rings. The number of ether oxygens (including phenoxy) is 1. The van der Waals surface area contributed by atoms with Gasteiger partial charge in [-0.3, -0.25) is 0 Å². The van der Waals surface area contributed by atoms with E-state index in [1.807, 2.05) is 12.1 Å². The SMILES string of the molecule is CCCCCCCCCCCCCCCCCCOC(=O)c1ccc(CC2CCN(c3ccc(C)cc3)CC2)c2ccccc12. The first-order valence-corrected chi connectivity index (χ1v) is 18.6. The van der Waals surface area contributed by atoms with Crippen molar-refractivity contribution in [2.45, 2.75) is 136 Å². The third kappa shape index (κ3) is 12.1. The van der Waals surface area contributed by atoms with Crippen LogP contribution in [-0.4, -0.2) is 25.7 Å². The average Bonchev–Trinajstić information content (AvgIpc) is 3.07. The lowest BCUT2D eigenvalue weighted by Gasteiger charge is -2.34. The van der Waals surface area contributed by atoms with E-state index in [-0.39, 0.29) is 5.97 Å². The normalized spacial score (nSPS) is 13.9. The summed E-state index contributed by atoms with van der Waals surface area (Å²) >= 11 is 0. The Balaban J connectivity index is 1.09. The molecular formula is C42H61NO2. The lowest BCUT2D eigenvalue weighted by atomic mass is 9.87. The number of aryl methyl sites for hydroxylation is 1. The van der Waals surface area contributed by atoms with Gasteiger partial charge in [0.2, 0.25) is 0 Å². The van der Waals surface area contributed by atoms with E-state index in [2.05, 4.69) is 67.3 Å². The first-order chi connectivity index (χ1) is 22.2. The summed E-state index contributed by atoms with van der Waals surface area (Å²) in [4.78, 5) is 15.6. The summed E-state index contributed by atoms with van der Waals surface area (Å²) in [6.07, 6.45) is 25.0. The van der Waals surface area contributed by atoms with Crippen LogP contribution in [0.1, 0.15) is 144 Å². The molecule has 0 spiro atoms. The van der Waals surface area contributed by atoms with Crippen molar-refractivity contribution >= 4 is 22.4 Å². The quantitative estimate of drug-likeness (QED) is 0.0886. The number of esters is 1. The smallest absolute Gasteiger partial charge is 0.338 e. The number of benzene rings is 3. The molecular weight excluding hydrogens is 550 g/mol. The fourth-order valence-electron chi connectivity index (χ4n) is 7.07. The van der Waals surface area contributed by atoms with Gasteiger partial charge in [-0.15, -0.1) is 0 Å².